The molecule has 3 N–H and O–H groups in total. The van der Waals surface area contributed by atoms with Crippen LogP contribution in [-0.4, -0.2) is 35.6 Å². The Bertz CT molecular complexity index is 1210. The predicted molar refractivity (Wildman–Crippen MR) is 106 cm³/mol. The summed E-state index contributed by atoms with van der Waals surface area (Å²) < 4.78 is 54.5. The van der Waals surface area contributed by atoms with Crippen molar-refractivity contribution in [2.75, 3.05) is 12.8 Å². The maximum atomic E-state index is 14.4. The van der Waals surface area contributed by atoms with Crippen molar-refractivity contribution in [3.05, 3.63) is 59.2 Å². The van der Waals surface area contributed by atoms with Crippen LogP contribution in [0.2, 0.25) is 0 Å². The van der Waals surface area contributed by atoms with Crippen LogP contribution >= 0.6 is 0 Å². The second kappa shape index (κ2) is 7.43. The molecule has 0 saturated carbocycles. The molecule has 1 aromatic heterocycles. The molecule has 1 amide bonds. The Morgan fingerprint density at radius 1 is 1.17 bits per heavy atom. The lowest BCUT2D eigenvalue weighted by molar-refractivity contribution is -0.121. The number of carbonyl (C=O) groups excluding carboxylic acids is 1. The molecule has 0 aliphatic carbocycles. The standard InChI is InChI=1S/C19H20F2N4O3S/c1-10(2)29(27,28)25-16-8-11(4-7-15(16)24-19(25)22)17(18(26)23-3)13-9-12(20)5-6-14(13)21/h4-10,17H,1-3H3,(H2,22,24)(H,23,26). The monoisotopic (exact) mass is 422 g/mol. The van der Waals surface area contributed by atoms with E-state index in [4.69, 9.17) is 5.73 Å². The highest BCUT2D eigenvalue weighted by atomic mass is 32.2. The van der Waals surface area contributed by atoms with E-state index in [-0.39, 0.29) is 22.6 Å². The zero-order valence-electron chi connectivity index (χ0n) is 16.0. The second-order valence-electron chi connectivity index (χ2n) is 6.79. The number of halogens is 2. The molecule has 154 valence electrons. The second-order valence-corrected chi connectivity index (χ2v) is 9.13. The largest absolute Gasteiger partial charge is 0.368 e. The third-order valence-corrected chi connectivity index (χ3v) is 6.71. The molecule has 3 aromatic rings. The molecule has 0 aliphatic rings. The third kappa shape index (κ3) is 3.55. The van der Waals surface area contributed by atoms with E-state index in [1.807, 2.05) is 0 Å². The zero-order chi connectivity index (χ0) is 21.5. The van der Waals surface area contributed by atoms with Gasteiger partial charge in [-0.15, -0.1) is 0 Å². The number of nitrogens with one attached hydrogen (secondary N) is 1. The van der Waals surface area contributed by atoms with Gasteiger partial charge in [-0.1, -0.05) is 6.07 Å². The minimum atomic E-state index is -3.84. The van der Waals surface area contributed by atoms with Gasteiger partial charge in [-0.05, 0) is 49.7 Å². The fraction of sp³-hybridized carbons (Fsp3) is 0.263. The number of fused-ring (bicyclic) bond motifs is 1. The summed E-state index contributed by atoms with van der Waals surface area (Å²) >= 11 is 0. The van der Waals surface area contributed by atoms with Gasteiger partial charge in [0.25, 0.3) is 0 Å². The normalized spacial score (nSPS) is 13.0. The molecule has 0 aliphatic heterocycles. The van der Waals surface area contributed by atoms with Crippen molar-refractivity contribution >= 4 is 32.9 Å². The molecule has 7 nitrogen and oxygen atoms in total. The Morgan fingerprint density at radius 3 is 2.48 bits per heavy atom. The topological polar surface area (TPSA) is 107 Å². The van der Waals surface area contributed by atoms with E-state index in [0.29, 0.717) is 5.52 Å². The van der Waals surface area contributed by atoms with Crippen LogP contribution in [0.4, 0.5) is 14.7 Å². The number of imidazole rings is 1. The van der Waals surface area contributed by atoms with Crippen molar-refractivity contribution in [2.24, 2.45) is 0 Å². The van der Waals surface area contributed by atoms with E-state index in [1.54, 1.807) is 0 Å². The number of hydrogen-bond donors (Lipinski definition) is 2. The van der Waals surface area contributed by atoms with Gasteiger partial charge in [0, 0.05) is 12.6 Å². The molecule has 0 fully saturated rings. The maximum Gasteiger partial charge on any atom is 0.244 e. The Labute approximate surface area is 166 Å². The van der Waals surface area contributed by atoms with Crippen molar-refractivity contribution < 1.29 is 22.0 Å². The van der Waals surface area contributed by atoms with Crippen LogP contribution in [0.5, 0.6) is 0 Å². The van der Waals surface area contributed by atoms with Crippen LogP contribution in [0.15, 0.2) is 36.4 Å². The van der Waals surface area contributed by atoms with Crippen LogP contribution in [0.1, 0.15) is 30.9 Å². The minimum Gasteiger partial charge on any atom is -0.368 e. The molecule has 0 saturated heterocycles. The minimum absolute atomic E-state index is 0.152. The summed E-state index contributed by atoms with van der Waals surface area (Å²) in [6.45, 7) is 3.00. The van der Waals surface area contributed by atoms with Gasteiger partial charge in [-0.25, -0.2) is 26.2 Å². The summed E-state index contributed by atoms with van der Waals surface area (Å²) in [6.07, 6.45) is 0. The number of likely N-dealkylation sites (N-methyl/N-ethyl adjacent to an activating group) is 1. The first kappa shape index (κ1) is 20.7. The van der Waals surface area contributed by atoms with E-state index >= 15 is 0 Å². The van der Waals surface area contributed by atoms with E-state index in [0.717, 1.165) is 22.2 Å². The molecule has 1 unspecified atom stereocenters. The van der Waals surface area contributed by atoms with E-state index < -0.39 is 38.7 Å². The van der Waals surface area contributed by atoms with Gasteiger partial charge in [0.1, 0.15) is 11.6 Å². The number of nitrogens with two attached hydrogens (primary N) is 1. The Kier molecular flexibility index (Phi) is 5.31. The number of nitrogens with zero attached hydrogens (tertiary/aromatic N) is 2. The van der Waals surface area contributed by atoms with E-state index in [1.165, 1.54) is 39.1 Å². The Balaban J connectivity index is 2.29. The number of amides is 1. The molecule has 29 heavy (non-hydrogen) atoms. The average molecular weight is 422 g/mol. The predicted octanol–water partition coefficient (Wildman–Crippen LogP) is 2.36. The lowest BCUT2D eigenvalue weighted by atomic mass is 9.89. The number of carbonyl (C=O) groups is 1. The molecule has 1 atom stereocenters. The first-order chi connectivity index (χ1) is 13.6. The van der Waals surface area contributed by atoms with Crippen molar-refractivity contribution in [3.63, 3.8) is 0 Å². The van der Waals surface area contributed by atoms with Crippen molar-refractivity contribution in [3.8, 4) is 0 Å². The Hall–Kier alpha value is -3.01. The van der Waals surface area contributed by atoms with Crippen LogP contribution in [-0.2, 0) is 14.8 Å². The van der Waals surface area contributed by atoms with Crippen LogP contribution in [0.3, 0.4) is 0 Å². The molecule has 10 heteroatoms. The fourth-order valence-electron chi connectivity index (χ4n) is 3.10. The summed E-state index contributed by atoms with van der Waals surface area (Å²) in [5.74, 6) is -3.47. The van der Waals surface area contributed by atoms with Gasteiger partial charge in [-0.3, -0.25) is 4.79 Å². The average Bonchev–Trinajstić information content (AvgIpc) is 3.00. The number of nitrogen functional groups attached to an aromatic ring is 1. The van der Waals surface area contributed by atoms with Gasteiger partial charge in [0.2, 0.25) is 21.9 Å². The zero-order valence-corrected chi connectivity index (χ0v) is 16.8. The molecular weight excluding hydrogens is 402 g/mol. The maximum absolute atomic E-state index is 14.4. The number of hydrogen-bond acceptors (Lipinski definition) is 5. The highest BCUT2D eigenvalue weighted by Crippen LogP contribution is 2.31. The van der Waals surface area contributed by atoms with Gasteiger partial charge < -0.3 is 11.1 Å². The fourth-order valence-corrected chi connectivity index (χ4v) is 4.24. The lowest BCUT2D eigenvalue weighted by Gasteiger charge is -2.18. The molecule has 1 heterocycles. The van der Waals surface area contributed by atoms with Crippen LogP contribution in [0.25, 0.3) is 11.0 Å². The van der Waals surface area contributed by atoms with Crippen LogP contribution < -0.4 is 11.1 Å². The quantitative estimate of drug-likeness (QED) is 0.656. The van der Waals surface area contributed by atoms with Gasteiger partial charge in [-0.2, -0.15) is 0 Å². The highest BCUT2D eigenvalue weighted by Gasteiger charge is 2.29. The first-order valence-electron chi connectivity index (χ1n) is 8.76. The molecule has 0 spiro atoms. The Morgan fingerprint density at radius 2 is 1.86 bits per heavy atom. The molecule has 0 bridgehead atoms. The van der Waals surface area contributed by atoms with Gasteiger partial charge in [0.05, 0.1) is 22.2 Å². The third-order valence-electron chi connectivity index (χ3n) is 4.62. The van der Waals surface area contributed by atoms with Gasteiger partial charge in [0.15, 0.2) is 0 Å². The smallest absolute Gasteiger partial charge is 0.244 e. The molecule has 2 aromatic carbocycles. The summed E-state index contributed by atoms with van der Waals surface area (Å²) in [5.41, 5.74) is 6.37. The number of aromatic nitrogens is 2. The highest BCUT2D eigenvalue weighted by molar-refractivity contribution is 7.90. The van der Waals surface area contributed by atoms with E-state index in [2.05, 4.69) is 10.3 Å². The summed E-state index contributed by atoms with van der Waals surface area (Å²) in [6, 6.07) is 7.23. The molecule has 0 radical (unpaired) electrons. The summed E-state index contributed by atoms with van der Waals surface area (Å²) in [4.78, 5) is 16.6. The van der Waals surface area contributed by atoms with E-state index in [9.17, 15) is 22.0 Å². The lowest BCUT2D eigenvalue weighted by Crippen LogP contribution is -2.27. The van der Waals surface area contributed by atoms with Gasteiger partial charge >= 0.3 is 0 Å². The summed E-state index contributed by atoms with van der Waals surface area (Å²) in [5, 5.41) is 1.66. The van der Waals surface area contributed by atoms with Crippen LogP contribution in [0, 0.1) is 11.6 Å². The number of anilines is 1. The number of benzene rings is 2. The van der Waals surface area contributed by atoms with Crippen molar-refractivity contribution in [1.82, 2.24) is 14.3 Å². The number of rotatable bonds is 5. The molecular formula is C19H20F2N4O3S. The SMILES string of the molecule is CNC(=O)C(c1ccc2nc(N)n(S(=O)(=O)C(C)C)c2c1)c1cc(F)ccc1F. The van der Waals surface area contributed by atoms with Crippen molar-refractivity contribution in [2.45, 2.75) is 25.0 Å². The first-order valence-corrected chi connectivity index (χ1v) is 10.3. The van der Waals surface area contributed by atoms with Crippen molar-refractivity contribution in [1.29, 1.82) is 0 Å². The summed E-state index contributed by atoms with van der Waals surface area (Å²) in [7, 11) is -2.47. The molecule has 3 rings (SSSR count).